The Morgan fingerprint density at radius 2 is 2.24 bits per heavy atom. The third-order valence-electron chi connectivity index (χ3n) is 5.17. The van der Waals surface area contributed by atoms with E-state index in [1.165, 1.54) is 7.11 Å². The van der Waals surface area contributed by atoms with Crippen molar-refractivity contribution in [3.05, 3.63) is 29.7 Å². The van der Waals surface area contributed by atoms with E-state index in [9.17, 15) is 9.18 Å². The van der Waals surface area contributed by atoms with Gasteiger partial charge in [0.2, 0.25) is 0 Å². The van der Waals surface area contributed by atoms with Crippen LogP contribution in [0, 0.1) is 0 Å². The first-order valence-electron chi connectivity index (χ1n) is 8.36. The van der Waals surface area contributed by atoms with E-state index in [0.29, 0.717) is 12.3 Å². The number of ether oxygens (including phenoxy) is 3. The summed E-state index contributed by atoms with van der Waals surface area (Å²) in [6.07, 6.45) is 4.81. The van der Waals surface area contributed by atoms with Crippen LogP contribution in [0.1, 0.15) is 42.7 Å². The molecule has 134 valence electrons. The van der Waals surface area contributed by atoms with Crippen LogP contribution in [0.2, 0.25) is 0 Å². The molecule has 3 fully saturated rings. The normalized spacial score (nSPS) is 28.6. The van der Waals surface area contributed by atoms with Crippen LogP contribution in [0.15, 0.2) is 18.5 Å². The standard InChI is InChI=1S/C18H21FN2O4/c1-11(5-19)25-13-4-15-20-14(18-8-17(2,9-18)24-10-18)7-21(15)6-12(13)16(22)23-3/h4,6-7,11H,5,8-10H2,1-3H3/t11-,17?,18?/m0/s1. The molecule has 0 aromatic carbocycles. The summed E-state index contributed by atoms with van der Waals surface area (Å²) in [4.78, 5) is 16.8. The Morgan fingerprint density at radius 3 is 2.84 bits per heavy atom. The first-order valence-corrected chi connectivity index (χ1v) is 8.36. The van der Waals surface area contributed by atoms with Crippen LogP contribution in [-0.2, 0) is 14.9 Å². The molecule has 2 aromatic heterocycles. The van der Waals surface area contributed by atoms with Crippen molar-refractivity contribution in [2.75, 3.05) is 20.4 Å². The van der Waals surface area contributed by atoms with E-state index in [2.05, 4.69) is 6.92 Å². The third-order valence-corrected chi connectivity index (χ3v) is 5.17. The highest BCUT2D eigenvalue weighted by Gasteiger charge is 2.61. The highest BCUT2D eigenvalue weighted by atomic mass is 19.1. The summed E-state index contributed by atoms with van der Waals surface area (Å²) >= 11 is 0. The Labute approximate surface area is 144 Å². The van der Waals surface area contributed by atoms with E-state index in [-0.39, 0.29) is 22.3 Å². The van der Waals surface area contributed by atoms with Crippen LogP contribution in [0.25, 0.3) is 5.65 Å². The van der Waals surface area contributed by atoms with Gasteiger partial charge in [-0.05, 0) is 26.7 Å². The molecule has 2 aromatic rings. The Morgan fingerprint density at radius 1 is 1.48 bits per heavy atom. The summed E-state index contributed by atoms with van der Waals surface area (Å²) in [6, 6.07) is 1.66. The molecule has 7 heteroatoms. The molecule has 0 radical (unpaired) electrons. The summed E-state index contributed by atoms with van der Waals surface area (Å²) in [5, 5.41) is 0. The average Bonchev–Trinajstić information content (AvgIpc) is 3.23. The van der Waals surface area contributed by atoms with E-state index in [0.717, 1.165) is 18.5 Å². The monoisotopic (exact) mass is 348 g/mol. The van der Waals surface area contributed by atoms with Gasteiger partial charge in [0.1, 0.15) is 29.7 Å². The Kier molecular flexibility index (Phi) is 3.54. The number of carbonyl (C=O) groups excluding carboxylic acids is 1. The second-order valence-electron chi connectivity index (χ2n) is 7.39. The Balaban J connectivity index is 1.76. The minimum Gasteiger partial charge on any atom is -0.487 e. The van der Waals surface area contributed by atoms with Crippen molar-refractivity contribution in [2.45, 2.75) is 43.8 Å². The van der Waals surface area contributed by atoms with E-state index in [1.807, 2.05) is 6.20 Å². The lowest BCUT2D eigenvalue weighted by Gasteiger charge is -2.41. The van der Waals surface area contributed by atoms with Crippen molar-refractivity contribution >= 4 is 11.6 Å². The van der Waals surface area contributed by atoms with Crippen molar-refractivity contribution in [1.82, 2.24) is 9.38 Å². The van der Waals surface area contributed by atoms with Crippen molar-refractivity contribution in [3.63, 3.8) is 0 Å². The molecular weight excluding hydrogens is 327 g/mol. The minimum absolute atomic E-state index is 0.0300. The largest absolute Gasteiger partial charge is 0.487 e. The minimum atomic E-state index is -0.658. The SMILES string of the molecule is COC(=O)c1cn2cc(C34COC(C)(C3)C4)nc2cc1O[C@@H](C)CF. The van der Waals surface area contributed by atoms with Gasteiger partial charge in [0, 0.05) is 23.9 Å². The second kappa shape index (κ2) is 5.42. The topological polar surface area (TPSA) is 62.1 Å². The lowest BCUT2D eigenvalue weighted by molar-refractivity contribution is 0.0154. The van der Waals surface area contributed by atoms with Gasteiger partial charge in [-0.25, -0.2) is 14.2 Å². The van der Waals surface area contributed by atoms with Gasteiger partial charge in [0.15, 0.2) is 0 Å². The molecule has 5 rings (SSSR count). The van der Waals surface area contributed by atoms with Crippen LogP contribution in [0.4, 0.5) is 4.39 Å². The average molecular weight is 348 g/mol. The predicted octanol–water partition coefficient (Wildman–Crippen LogP) is 2.68. The quantitative estimate of drug-likeness (QED) is 0.778. The molecule has 2 aliphatic heterocycles. The highest BCUT2D eigenvalue weighted by molar-refractivity contribution is 5.92. The fourth-order valence-electron chi connectivity index (χ4n) is 4.03. The summed E-state index contributed by atoms with van der Waals surface area (Å²) in [5.41, 5.74) is 1.78. The lowest BCUT2D eigenvalue weighted by atomic mass is 9.62. The van der Waals surface area contributed by atoms with Gasteiger partial charge in [0.05, 0.1) is 25.0 Å². The molecule has 25 heavy (non-hydrogen) atoms. The van der Waals surface area contributed by atoms with Crippen LogP contribution < -0.4 is 4.74 Å². The third kappa shape index (κ3) is 2.49. The fraction of sp³-hybridized carbons (Fsp3) is 0.556. The number of imidazole rings is 1. The first-order chi connectivity index (χ1) is 11.9. The zero-order valence-corrected chi connectivity index (χ0v) is 14.5. The van der Waals surface area contributed by atoms with Crippen molar-refractivity contribution in [3.8, 4) is 5.75 Å². The predicted molar refractivity (Wildman–Crippen MR) is 87.9 cm³/mol. The number of hydrogen-bond acceptors (Lipinski definition) is 5. The van der Waals surface area contributed by atoms with Crippen LogP contribution >= 0.6 is 0 Å². The molecular formula is C18H21FN2O4. The van der Waals surface area contributed by atoms with Gasteiger partial charge in [0.25, 0.3) is 0 Å². The zero-order valence-electron chi connectivity index (χ0n) is 14.5. The van der Waals surface area contributed by atoms with Gasteiger partial charge in [-0.3, -0.25) is 0 Å². The molecule has 0 N–H and O–H groups in total. The number of fused-ring (bicyclic) bond motifs is 2. The Hall–Kier alpha value is -2.15. The number of alkyl halides is 1. The van der Waals surface area contributed by atoms with E-state index >= 15 is 0 Å². The molecule has 0 spiro atoms. The first kappa shape index (κ1) is 16.3. The number of hydrogen-bond donors (Lipinski definition) is 0. The second-order valence-corrected chi connectivity index (χ2v) is 7.39. The van der Waals surface area contributed by atoms with Gasteiger partial charge >= 0.3 is 5.97 Å². The number of methoxy groups -OCH3 is 1. The lowest BCUT2D eigenvalue weighted by Crippen LogP contribution is -2.45. The number of aromatic nitrogens is 2. The summed E-state index contributed by atoms with van der Waals surface area (Å²) < 4.78 is 30.8. The van der Waals surface area contributed by atoms with Crippen LogP contribution in [-0.4, -0.2) is 47.5 Å². The molecule has 1 atom stereocenters. The molecule has 6 nitrogen and oxygen atoms in total. The molecule has 1 aliphatic carbocycles. The molecule has 3 aliphatic rings. The number of pyridine rings is 1. The highest BCUT2D eigenvalue weighted by Crippen LogP contribution is 2.58. The van der Waals surface area contributed by atoms with Gasteiger partial charge in [-0.15, -0.1) is 0 Å². The molecule has 4 heterocycles. The number of carbonyl (C=O) groups is 1. The van der Waals surface area contributed by atoms with Crippen LogP contribution in [0.3, 0.4) is 0 Å². The van der Waals surface area contributed by atoms with E-state index in [4.69, 9.17) is 19.2 Å². The van der Waals surface area contributed by atoms with Gasteiger partial charge in [-0.1, -0.05) is 0 Å². The van der Waals surface area contributed by atoms with Gasteiger partial charge < -0.3 is 18.6 Å². The van der Waals surface area contributed by atoms with E-state index < -0.39 is 18.7 Å². The maximum Gasteiger partial charge on any atom is 0.343 e. The summed E-state index contributed by atoms with van der Waals surface area (Å²) in [6.45, 7) is 3.74. The fourth-order valence-corrected chi connectivity index (χ4v) is 4.03. The molecule has 1 saturated carbocycles. The maximum atomic E-state index is 12.8. The van der Waals surface area contributed by atoms with Crippen LogP contribution in [0.5, 0.6) is 5.75 Å². The van der Waals surface area contributed by atoms with Crippen molar-refractivity contribution in [2.24, 2.45) is 0 Å². The molecule has 2 saturated heterocycles. The number of nitrogens with zero attached hydrogens (tertiary/aromatic N) is 2. The molecule has 2 bridgehead atoms. The van der Waals surface area contributed by atoms with Crippen molar-refractivity contribution in [1.29, 1.82) is 0 Å². The van der Waals surface area contributed by atoms with E-state index in [1.54, 1.807) is 23.6 Å². The van der Waals surface area contributed by atoms with Gasteiger partial charge in [-0.2, -0.15) is 0 Å². The number of halogens is 1. The Bertz CT molecular complexity index is 841. The van der Waals surface area contributed by atoms with Crippen molar-refractivity contribution < 1.29 is 23.4 Å². The summed E-state index contributed by atoms with van der Waals surface area (Å²) in [5.74, 6) is -0.253. The maximum absolute atomic E-state index is 12.8. The number of esters is 1. The summed E-state index contributed by atoms with van der Waals surface area (Å²) in [7, 11) is 1.30. The smallest absolute Gasteiger partial charge is 0.343 e. The number of rotatable bonds is 5. The zero-order chi connectivity index (χ0) is 17.8. The molecule has 0 amide bonds. The molecule has 0 unspecified atom stereocenters.